The number of fused-ring (bicyclic) bond motifs is 3. The van der Waals surface area contributed by atoms with Gasteiger partial charge in [0.25, 0.3) is 5.56 Å². The maximum absolute atomic E-state index is 12.4. The summed E-state index contributed by atoms with van der Waals surface area (Å²) in [6.07, 6.45) is 4.81. The van der Waals surface area contributed by atoms with E-state index in [2.05, 4.69) is 4.98 Å². The molecule has 2 N–H and O–H groups in total. The van der Waals surface area contributed by atoms with Crippen molar-refractivity contribution in [1.29, 1.82) is 0 Å². The molecule has 0 unspecified atom stereocenters. The molecule has 0 spiro atoms. The number of thiophene rings is 1. The number of aromatic nitrogens is 2. The molecule has 2 aromatic heterocycles. The lowest BCUT2D eigenvalue weighted by Crippen LogP contribution is -2.29. The monoisotopic (exact) mass is 280 g/mol. The molecule has 3 rings (SSSR count). The zero-order valence-corrected chi connectivity index (χ0v) is 11.3. The lowest BCUT2D eigenvalue weighted by Gasteiger charge is -2.11. The van der Waals surface area contributed by atoms with Crippen molar-refractivity contribution < 1.29 is 10.2 Å². The van der Waals surface area contributed by atoms with Crippen LogP contribution in [0.1, 0.15) is 23.3 Å². The maximum atomic E-state index is 12.4. The third-order valence-electron chi connectivity index (χ3n) is 3.56. The van der Waals surface area contributed by atoms with Crippen molar-refractivity contribution >= 4 is 21.6 Å². The van der Waals surface area contributed by atoms with Crippen molar-refractivity contribution in [2.24, 2.45) is 0 Å². The van der Waals surface area contributed by atoms with Crippen molar-refractivity contribution in [1.82, 2.24) is 9.55 Å². The topological polar surface area (TPSA) is 75.4 Å². The average Bonchev–Trinajstić information content (AvgIpc) is 2.81. The SMILES string of the molecule is O=c1c2c3c(sc2ncn1C[C@@H](O)CO)CCCC3. The molecule has 0 fully saturated rings. The van der Waals surface area contributed by atoms with Gasteiger partial charge in [-0.1, -0.05) is 0 Å². The zero-order chi connectivity index (χ0) is 13.4. The van der Waals surface area contributed by atoms with Crippen molar-refractivity contribution in [2.75, 3.05) is 6.61 Å². The van der Waals surface area contributed by atoms with Gasteiger partial charge in [0.2, 0.25) is 0 Å². The van der Waals surface area contributed by atoms with E-state index in [0.29, 0.717) is 5.39 Å². The standard InChI is InChI=1S/C13H16N2O3S/c16-6-8(17)5-15-7-14-12-11(13(15)18)9-3-1-2-4-10(9)19-12/h7-8,16-17H,1-6H2/t8-/m1/s1. The van der Waals surface area contributed by atoms with Gasteiger partial charge in [-0.05, 0) is 31.2 Å². The minimum Gasteiger partial charge on any atom is -0.394 e. The molecule has 102 valence electrons. The second-order valence-electron chi connectivity index (χ2n) is 4.93. The summed E-state index contributed by atoms with van der Waals surface area (Å²) in [5.41, 5.74) is 1.05. The van der Waals surface area contributed by atoms with Crippen LogP contribution in [0.5, 0.6) is 0 Å². The lowest BCUT2D eigenvalue weighted by atomic mass is 9.97. The Labute approximate surface area is 114 Å². The smallest absolute Gasteiger partial charge is 0.262 e. The molecule has 0 bridgehead atoms. The minimum atomic E-state index is -0.925. The molecule has 1 aliphatic carbocycles. The molecule has 0 aromatic carbocycles. The zero-order valence-electron chi connectivity index (χ0n) is 10.5. The highest BCUT2D eigenvalue weighted by Crippen LogP contribution is 2.33. The molecule has 5 nitrogen and oxygen atoms in total. The normalized spacial score (nSPS) is 16.5. The molecule has 19 heavy (non-hydrogen) atoms. The largest absolute Gasteiger partial charge is 0.394 e. The molecule has 2 heterocycles. The van der Waals surface area contributed by atoms with Crippen LogP contribution in [0.25, 0.3) is 10.2 Å². The number of rotatable bonds is 3. The Morgan fingerprint density at radius 3 is 3.00 bits per heavy atom. The molecule has 0 aliphatic heterocycles. The second kappa shape index (κ2) is 5.03. The number of aliphatic hydroxyl groups excluding tert-OH is 2. The van der Waals surface area contributed by atoms with Crippen molar-refractivity contribution in [3.8, 4) is 0 Å². The second-order valence-corrected chi connectivity index (χ2v) is 6.01. The average molecular weight is 280 g/mol. The van der Waals surface area contributed by atoms with E-state index >= 15 is 0 Å². The van der Waals surface area contributed by atoms with E-state index in [-0.39, 0.29) is 18.7 Å². The Hall–Kier alpha value is -1.24. The highest BCUT2D eigenvalue weighted by molar-refractivity contribution is 7.18. The number of hydrogen-bond donors (Lipinski definition) is 2. The van der Waals surface area contributed by atoms with Crippen LogP contribution in [0.2, 0.25) is 0 Å². The molecule has 6 heteroatoms. The van der Waals surface area contributed by atoms with Gasteiger partial charge in [-0.25, -0.2) is 4.98 Å². The lowest BCUT2D eigenvalue weighted by molar-refractivity contribution is 0.0803. The van der Waals surface area contributed by atoms with Crippen LogP contribution in [0.4, 0.5) is 0 Å². The van der Waals surface area contributed by atoms with Crippen LogP contribution in [-0.2, 0) is 19.4 Å². The van der Waals surface area contributed by atoms with Crippen LogP contribution in [0, 0.1) is 0 Å². The van der Waals surface area contributed by atoms with Gasteiger partial charge in [-0.15, -0.1) is 11.3 Å². The van der Waals surface area contributed by atoms with Gasteiger partial charge in [0.05, 0.1) is 31.0 Å². The van der Waals surface area contributed by atoms with Gasteiger partial charge < -0.3 is 10.2 Å². The summed E-state index contributed by atoms with van der Waals surface area (Å²) in [5, 5.41) is 19.0. The van der Waals surface area contributed by atoms with E-state index in [0.717, 1.165) is 29.7 Å². The predicted octanol–water partition coefficient (Wildman–Crippen LogP) is 0.690. The molecular formula is C13H16N2O3S. The van der Waals surface area contributed by atoms with E-state index in [4.69, 9.17) is 5.11 Å². The van der Waals surface area contributed by atoms with E-state index in [9.17, 15) is 9.90 Å². The quantitative estimate of drug-likeness (QED) is 0.867. The number of aliphatic hydroxyl groups is 2. The first-order valence-electron chi connectivity index (χ1n) is 6.49. The van der Waals surface area contributed by atoms with Crippen molar-refractivity contribution in [3.63, 3.8) is 0 Å². The van der Waals surface area contributed by atoms with Crippen LogP contribution < -0.4 is 5.56 Å². The van der Waals surface area contributed by atoms with Crippen molar-refractivity contribution in [2.45, 2.75) is 38.3 Å². The first kappa shape index (κ1) is 12.8. The van der Waals surface area contributed by atoms with E-state index in [1.54, 1.807) is 11.3 Å². The van der Waals surface area contributed by atoms with Gasteiger partial charge in [0.1, 0.15) is 4.83 Å². The van der Waals surface area contributed by atoms with Crippen LogP contribution in [0.15, 0.2) is 11.1 Å². The Morgan fingerprint density at radius 1 is 1.42 bits per heavy atom. The van der Waals surface area contributed by atoms with Crippen LogP contribution in [0.3, 0.4) is 0 Å². The highest BCUT2D eigenvalue weighted by Gasteiger charge is 2.20. The minimum absolute atomic E-state index is 0.0862. The Kier molecular flexibility index (Phi) is 3.38. The molecule has 0 amide bonds. The van der Waals surface area contributed by atoms with E-state index in [1.807, 2.05) is 0 Å². The van der Waals surface area contributed by atoms with E-state index < -0.39 is 6.10 Å². The molecule has 1 atom stereocenters. The van der Waals surface area contributed by atoms with Crippen LogP contribution >= 0.6 is 11.3 Å². The summed E-state index contributed by atoms with van der Waals surface area (Å²) in [5.74, 6) is 0. The number of hydrogen-bond acceptors (Lipinski definition) is 5. The maximum Gasteiger partial charge on any atom is 0.262 e. The number of aryl methyl sites for hydroxylation is 2. The number of nitrogens with zero attached hydrogens (tertiary/aromatic N) is 2. The predicted molar refractivity (Wildman–Crippen MR) is 73.6 cm³/mol. The van der Waals surface area contributed by atoms with Gasteiger partial charge in [0, 0.05) is 4.88 Å². The third-order valence-corrected chi connectivity index (χ3v) is 4.76. The van der Waals surface area contributed by atoms with E-state index in [1.165, 1.54) is 22.2 Å². The Morgan fingerprint density at radius 2 is 2.21 bits per heavy atom. The molecule has 0 radical (unpaired) electrons. The third kappa shape index (κ3) is 2.20. The fourth-order valence-electron chi connectivity index (χ4n) is 2.60. The summed E-state index contributed by atoms with van der Waals surface area (Å²) >= 11 is 1.61. The molecule has 0 saturated carbocycles. The van der Waals surface area contributed by atoms with Gasteiger partial charge in [-0.2, -0.15) is 0 Å². The molecular weight excluding hydrogens is 264 g/mol. The highest BCUT2D eigenvalue weighted by atomic mass is 32.1. The summed E-state index contributed by atoms with van der Waals surface area (Å²) in [6, 6.07) is 0. The van der Waals surface area contributed by atoms with Crippen molar-refractivity contribution in [3.05, 3.63) is 27.1 Å². The van der Waals surface area contributed by atoms with Crippen LogP contribution in [-0.4, -0.2) is 32.5 Å². The first-order chi connectivity index (χ1) is 9.20. The Bertz CT molecular complexity index is 662. The summed E-state index contributed by atoms with van der Waals surface area (Å²) < 4.78 is 1.39. The molecule has 2 aromatic rings. The summed E-state index contributed by atoms with van der Waals surface area (Å²) in [4.78, 5) is 18.9. The Balaban J connectivity index is 2.13. The van der Waals surface area contributed by atoms with Gasteiger partial charge in [-0.3, -0.25) is 9.36 Å². The fraction of sp³-hybridized carbons (Fsp3) is 0.538. The summed E-state index contributed by atoms with van der Waals surface area (Å²) in [6.45, 7) is -0.269. The fourth-order valence-corrected chi connectivity index (χ4v) is 3.82. The molecule has 0 saturated heterocycles. The summed E-state index contributed by atoms with van der Waals surface area (Å²) in [7, 11) is 0. The van der Waals surface area contributed by atoms with Gasteiger partial charge in [0.15, 0.2) is 0 Å². The van der Waals surface area contributed by atoms with Gasteiger partial charge >= 0.3 is 0 Å². The molecule has 1 aliphatic rings. The first-order valence-corrected chi connectivity index (χ1v) is 7.31.